The van der Waals surface area contributed by atoms with Gasteiger partial charge in [-0.3, -0.25) is 0 Å². The third-order valence-electron chi connectivity index (χ3n) is 2.21. The normalized spacial score (nSPS) is 13.2. The molecule has 0 aliphatic heterocycles. The summed E-state index contributed by atoms with van der Waals surface area (Å²) < 4.78 is 2.14. The molecule has 0 saturated carbocycles. The van der Waals surface area contributed by atoms with Crippen LogP contribution in [0.1, 0.15) is 25.8 Å². The van der Waals surface area contributed by atoms with Gasteiger partial charge in [-0.05, 0) is 17.5 Å². The Morgan fingerprint density at radius 2 is 2.33 bits per heavy atom. The Hall–Kier alpha value is -0.760. The molecule has 1 aromatic rings. The maximum atomic E-state index is 8.83. The van der Waals surface area contributed by atoms with Crippen molar-refractivity contribution < 1.29 is 5.11 Å². The summed E-state index contributed by atoms with van der Waals surface area (Å²) in [4.78, 5) is 0. The number of aliphatic hydroxyl groups is 1. The van der Waals surface area contributed by atoms with Crippen LogP contribution < -0.4 is 0 Å². The van der Waals surface area contributed by atoms with Crippen LogP contribution in [0.25, 0.3) is 0 Å². The molecule has 0 radical (unpaired) electrons. The minimum absolute atomic E-state index is 0.146. The third-order valence-corrected chi connectivity index (χ3v) is 2.21. The summed E-state index contributed by atoms with van der Waals surface area (Å²) in [7, 11) is 0. The van der Waals surface area contributed by atoms with Crippen molar-refractivity contribution in [1.82, 2.24) is 4.57 Å². The molecule has 1 heterocycles. The van der Waals surface area contributed by atoms with Crippen LogP contribution in [0.15, 0.2) is 18.5 Å². The van der Waals surface area contributed by atoms with Gasteiger partial charge in [0.05, 0.1) is 6.61 Å². The van der Waals surface area contributed by atoms with Crippen LogP contribution in [0, 0.1) is 5.92 Å². The van der Waals surface area contributed by atoms with Gasteiger partial charge in [0.1, 0.15) is 0 Å². The molecule has 1 atom stereocenters. The van der Waals surface area contributed by atoms with Gasteiger partial charge in [-0.15, -0.1) is 0 Å². The zero-order valence-corrected chi connectivity index (χ0v) is 7.83. The summed E-state index contributed by atoms with van der Waals surface area (Å²) in [5, 5.41) is 8.83. The Morgan fingerprint density at radius 3 is 2.83 bits per heavy atom. The number of rotatable bonds is 4. The van der Waals surface area contributed by atoms with Crippen LogP contribution in [0.3, 0.4) is 0 Å². The van der Waals surface area contributed by atoms with E-state index in [-0.39, 0.29) is 6.61 Å². The molecule has 0 amide bonds. The summed E-state index contributed by atoms with van der Waals surface area (Å²) in [6.07, 6.45) is 5.23. The number of hydrogen-bond acceptors (Lipinski definition) is 1. The molecule has 1 rings (SSSR count). The lowest BCUT2D eigenvalue weighted by atomic mass is 10.1. The molecule has 0 aliphatic carbocycles. The van der Waals surface area contributed by atoms with Gasteiger partial charge in [0.2, 0.25) is 0 Å². The maximum absolute atomic E-state index is 8.83. The predicted octanol–water partition coefficient (Wildman–Crippen LogP) is 2.03. The molecule has 12 heavy (non-hydrogen) atoms. The summed E-state index contributed by atoms with van der Waals surface area (Å²) >= 11 is 0. The van der Waals surface area contributed by atoms with E-state index in [1.165, 1.54) is 6.42 Å². The quantitative estimate of drug-likeness (QED) is 0.729. The van der Waals surface area contributed by atoms with Gasteiger partial charge in [-0.2, -0.15) is 0 Å². The average molecular weight is 167 g/mol. The van der Waals surface area contributed by atoms with E-state index in [0.717, 1.165) is 12.1 Å². The first-order chi connectivity index (χ1) is 5.76. The summed E-state index contributed by atoms with van der Waals surface area (Å²) in [5.41, 5.74) is 0.998. The van der Waals surface area contributed by atoms with E-state index >= 15 is 0 Å². The van der Waals surface area contributed by atoms with Crippen LogP contribution >= 0.6 is 0 Å². The van der Waals surface area contributed by atoms with Gasteiger partial charge in [0.25, 0.3) is 0 Å². The van der Waals surface area contributed by atoms with E-state index in [1.807, 2.05) is 18.5 Å². The first kappa shape index (κ1) is 9.33. The summed E-state index contributed by atoms with van der Waals surface area (Å²) in [5.74, 6) is 0.712. The molecule has 0 bridgehead atoms. The van der Waals surface area contributed by atoms with E-state index in [1.54, 1.807) is 0 Å². The molecule has 0 spiro atoms. The van der Waals surface area contributed by atoms with Gasteiger partial charge in [-0.25, -0.2) is 0 Å². The van der Waals surface area contributed by atoms with Crippen molar-refractivity contribution in [3.63, 3.8) is 0 Å². The van der Waals surface area contributed by atoms with Gasteiger partial charge in [-0.1, -0.05) is 20.3 Å². The van der Waals surface area contributed by atoms with Crippen molar-refractivity contribution in [1.29, 1.82) is 0 Å². The highest BCUT2D eigenvalue weighted by atomic mass is 16.3. The lowest BCUT2D eigenvalue weighted by Gasteiger charge is -2.08. The molecular formula is C10H17NO. The molecule has 1 unspecified atom stereocenters. The second-order valence-electron chi connectivity index (χ2n) is 3.39. The Morgan fingerprint density at radius 1 is 1.58 bits per heavy atom. The minimum Gasteiger partial charge on any atom is -0.392 e. The first-order valence-corrected chi connectivity index (χ1v) is 4.51. The molecular weight excluding hydrogens is 150 g/mol. The topological polar surface area (TPSA) is 25.2 Å². The van der Waals surface area contributed by atoms with Crippen LogP contribution in [0.2, 0.25) is 0 Å². The highest BCUT2D eigenvalue weighted by Crippen LogP contribution is 2.07. The van der Waals surface area contributed by atoms with Crippen molar-refractivity contribution in [2.75, 3.05) is 0 Å². The number of aliphatic hydroxyl groups excluding tert-OH is 1. The Balaban J connectivity index is 2.52. The maximum Gasteiger partial charge on any atom is 0.0696 e. The van der Waals surface area contributed by atoms with E-state index in [2.05, 4.69) is 18.4 Å². The lowest BCUT2D eigenvalue weighted by Crippen LogP contribution is -2.04. The summed E-state index contributed by atoms with van der Waals surface area (Å²) in [6.45, 7) is 5.63. The Labute approximate surface area is 73.8 Å². The van der Waals surface area contributed by atoms with E-state index < -0.39 is 0 Å². The largest absolute Gasteiger partial charge is 0.392 e. The zero-order chi connectivity index (χ0) is 8.97. The van der Waals surface area contributed by atoms with E-state index in [0.29, 0.717) is 5.92 Å². The van der Waals surface area contributed by atoms with E-state index in [9.17, 15) is 0 Å². The standard InChI is InChI=1S/C10H17NO/c1-3-9(2)6-11-5-4-10(7-11)8-12/h4-5,7,9,12H,3,6,8H2,1-2H3. The lowest BCUT2D eigenvalue weighted by molar-refractivity contribution is 0.281. The Kier molecular flexibility index (Phi) is 3.35. The fourth-order valence-corrected chi connectivity index (χ4v) is 1.19. The summed E-state index contributed by atoms with van der Waals surface area (Å²) in [6, 6.07) is 1.96. The highest BCUT2D eigenvalue weighted by molar-refractivity contribution is 5.08. The van der Waals surface area contributed by atoms with Crippen LogP contribution in [-0.4, -0.2) is 9.67 Å². The Bertz CT molecular complexity index is 229. The van der Waals surface area contributed by atoms with Crippen molar-refractivity contribution in [2.24, 2.45) is 5.92 Å². The third kappa shape index (κ3) is 2.38. The zero-order valence-electron chi connectivity index (χ0n) is 7.83. The first-order valence-electron chi connectivity index (χ1n) is 4.51. The monoisotopic (exact) mass is 167 g/mol. The average Bonchev–Trinajstić information content (AvgIpc) is 2.52. The minimum atomic E-state index is 0.146. The molecule has 0 aromatic carbocycles. The second kappa shape index (κ2) is 4.31. The fourth-order valence-electron chi connectivity index (χ4n) is 1.19. The predicted molar refractivity (Wildman–Crippen MR) is 49.8 cm³/mol. The molecule has 68 valence electrons. The van der Waals surface area contributed by atoms with Crippen molar-refractivity contribution in [2.45, 2.75) is 33.4 Å². The molecule has 2 nitrogen and oxygen atoms in total. The SMILES string of the molecule is CCC(C)Cn1ccc(CO)c1. The van der Waals surface area contributed by atoms with Gasteiger partial charge >= 0.3 is 0 Å². The van der Waals surface area contributed by atoms with Gasteiger partial charge < -0.3 is 9.67 Å². The fraction of sp³-hybridized carbons (Fsp3) is 0.600. The molecule has 0 fully saturated rings. The number of nitrogens with zero attached hydrogens (tertiary/aromatic N) is 1. The van der Waals surface area contributed by atoms with Crippen LogP contribution in [0.5, 0.6) is 0 Å². The van der Waals surface area contributed by atoms with Crippen molar-refractivity contribution >= 4 is 0 Å². The van der Waals surface area contributed by atoms with Crippen LogP contribution in [0.4, 0.5) is 0 Å². The number of hydrogen-bond donors (Lipinski definition) is 1. The molecule has 0 saturated heterocycles. The van der Waals surface area contributed by atoms with Gasteiger partial charge in [0, 0.05) is 18.9 Å². The molecule has 0 aliphatic rings. The molecule has 2 heteroatoms. The van der Waals surface area contributed by atoms with Gasteiger partial charge in [0.15, 0.2) is 0 Å². The van der Waals surface area contributed by atoms with Crippen molar-refractivity contribution in [3.05, 3.63) is 24.0 Å². The second-order valence-corrected chi connectivity index (χ2v) is 3.39. The van der Waals surface area contributed by atoms with Crippen molar-refractivity contribution in [3.8, 4) is 0 Å². The molecule has 1 aromatic heterocycles. The van der Waals surface area contributed by atoms with Crippen LogP contribution in [-0.2, 0) is 13.2 Å². The molecule has 1 N–H and O–H groups in total. The van der Waals surface area contributed by atoms with E-state index in [4.69, 9.17) is 5.11 Å². The highest BCUT2D eigenvalue weighted by Gasteiger charge is 2.00. The number of aromatic nitrogens is 1. The smallest absolute Gasteiger partial charge is 0.0696 e.